The van der Waals surface area contributed by atoms with Gasteiger partial charge in [0.2, 0.25) is 0 Å². The lowest BCUT2D eigenvalue weighted by molar-refractivity contribution is 0.489. The zero-order chi connectivity index (χ0) is 9.38. The van der Waals surface area contributed by atoms with Crippen LogP contribution in [0.4, 0.5) is 0 Å². The molecule has 3 rings (SSSR count). The minimum absolute atomic E-state index is 0.717. The molecule has 14 heavy (non-hydrogen) atoms. The molecule has 1 aromatic rings. The van der Waals surface area contributed by atoms with Crippen LogP contribution < -0.4 is 0 Å². The molecule has 0 spiro atoms. The predicted octanol–water partition coefficient (Wildman–Crippen LogP) is 2.27. The van der Waals surface area contributed by atoms with Crippen LogP contribution in [0, 0.1) is 0 Å². The van der Waals surface area contributed by atoms with E-state index in [0.717, 1.165) is 13.0 Å². The Balaban J connectivity index is 1.93. The van der Waals surface area contributed by atoms with Crippen molar-refractivity contribution in [2.24, 2.45) is 0 Å². The van der Waals surface area contributed by atoms with E-state index in [9.17, 15) is 0 Å². The number of nitrogens with zero attached hydrogens (tertiary/aromatic N) is 3. The molecule has 0 unspecified atom stereocenters. The maximum absolute atomic E-state index is 4.39. The fourth-order valence-electron chi connectivity index (χ4n) is 2.82. The summed E-state index contributed by atoms with van der Waals surface area (Å²) in [6, 6.07) is 0. The molecule has 0 saturated heterocycles. The van der Waals surface area contributed by atoms with Crippen molar-refractivity contribution in [1.82, 2.24) is 14.8 Å². The van der Waals surface area contributed by atoms with Gasteiger partial charge in [0.05, 0.1) is 0 Å². The molecule has 0 radical (unpaired) electrons. The van der Waals surface area contributed by atoms with Crippen LogP contribution in [0.25, 0.3) is 0 Å². The second-order valence-corrected chi connectivity index (χ2v) is 4.56. The minimum atomic E-state index is 0.717. The van der Waals surface area contributed by atoms with Gasteiger partial charge in [0, 0.05) is 18.9 Å². The Morgan fingerprint density at radius 1 is 1.00 bits per heavy atom. The van der Waals surface area contributed by atoms with Gasteiger partial charge >= 0.3 is 0 Å². The molecule has 2 heterocycles. The Morgan fingerprint density at radius 3 is 2.71 bits per heavy atom. The lowest BCUT2D eigenvalue weighted by Gasteiger charge is -2.17. The van der Waals surface area contributed by atoms with Crippen LogP contribution in [0.3, 0.4) is 0 Å². The first-order chi connectivity index (χ1) is 6.95. The standard InChI is InChI=1S/C11H17N3/c1-2-6-9(5-1)11-13-12-10-7-3-4-8-14(10)11/h9H,1-8H2. The van der Waals surface area contributed by atoms with Crippen molar-refractivity contribution in [2.75, 3.05) is 0 Å². The molecule has 0 aromatic carbocycles. The molecule has 1 aliphatic heterocycles. The third kappa shape index (κ3) is 1.26. The largest absolute Gasteiger partial charge is 0.315 e. The van der Waals surface area contributed by atoms with Crippen molar-refractivity contribution in [3.8, 4) is 0 Å². The Kier molecular flexibility index (Phi) is 2.03. The predicted molar refractivity (Wildman–Crippen MR) is 54.2 cm³/mol. The van der Waals surface area contributed by atoms with Crippen molar-refractivity contribution in [2.45, 2.75) is 57.4 Å². The molecule has 0 bridgehead atoms. The Morgan fingerprint density at radius 2 is 1.86 bits per heavy atom. The first-order valence-electron chi connectivity index (χ1n) is 5.87. The molecule has 1 saturated carbocycles. The third-order valence-corrected chi connectivity index (χ3v) is 3.61. The van der Waals surface area contributed by atoms with Gasteiger partial charge in [0.15, 0.2) is 0 Å². The van der Waals surface area contributed by atoms with E-state index in [-0.39, 0.29) is 0 Å². The molecular formula is C11H17N3. The quantitative estimate of drug-likeness (QED) is 0.681. The van der Waals surface area contributed by atoms with Gasteiger partial charge in [0.1, 0.15) is 11.6 Å². The van der Waals surface area contributed by atoms with Crippen molar-refractivity contribution < 1.29 is 0 Å². The maximum atomic E-state index is 4.39. The van der Waals surface area contributed by atoms with Crippen LogP contribution in [-0.2, 0) is 13.0 Å². The van der Waals surface area contributed by atoms with E-state index in [1.54, 1.807) is 0 Å². The second kappa shape index (κ2) is 3.37. The molecule has 3 nitrogen and oxygen atoms in total. The molecule has 3 heteroatoms. The topological polar surface area (TPSA) is 30.7 Å². The van der Waals surface area contributed by atoms with Gasteiger partial charge < -0.3 is 4.57 Å². The lowest BCUT2D eigenvalue weighted by Crippen LogP contribution is -2.14. The van der Waals surface area contributed by atoms with Gasteiger partial charge in [0.25, 0.3) is 0 Å². The van der Waals surface area contributed by atoms with Gasteiger partial charge in [-0.2, -0.15) is 0 Å². The van der Waals surface area contributed by atoms with E-state index in [4.69, 9.17) is 0 Å². The molecule has 1 aliphatic carbocycles. The third-order valence-electron chi connectivity index (χ3n) is 3.61. The summed E-state index contributed by atoms with van der Waals surface area (Å²) in [5.41, 5.74) is 0. The van der Waals surface area contributed by atoms with Gasteiger partial charge in [-0.3, -0.25) is 0 Å². The zero-order valence-corrected chi connectivity index (χ0v) is 8.58. The van der Waals surface area contributed by atoms with Crippen molar-refractivity contribution >= 4 is 0 Å². The second-order valence-electron chi connectivity index (χ2n) is 4.56. The summed E-state index contributed by atoms with van der Waals surface area (Å²) in [6.45, 7) is 1.16. The van der Waals surface area contributed by atoms with Crippen LogP contribution in [-0.4, -0.2) is 14.8 Å². The van der Waals surface area contributed by atoms with Crippen LogP contribution in [0.2, 0.25) is 0 Å². The van der Waals surface area contributed by atoms with Crippen molar-refractivity contribution in [3.05, 3.63) is 11.6 Å². The van der Waals surface area contributed by atoms with E-state index in [0.29, 0.717) is 5.92 Å². The molecule has 1 fully saturated rings. The van der Waals surface area contributed by atoms with Gasteiger partial charge in [-0.05, 0) is 25.7 Å². The first-order valence-corrected chi connectivity index (χ1v) is 5.87. The molecule has 76 valence electrons. The summed E-state index contributed by atoms with van der Waals surface area (Å²) < 4.78 is 2.39. The number of aryl methyl sites for hydroxylation is 1. The van der Waals surface area contributed by atoms with Crippen LogP contribution in [0.1, 0.15) is 56.1 Å². The Hall–Kier alpha value is -0.860. The molecule has 0 N–H and O–H groups in total. The molecule has 2 aliphatic rings. The summed E-state index contributed by atoms with van der Waals surface area (Å²) in [7, 11) is 0. The highest BCUT2D eigenvalue weighted by Gasteiger charge is 2.25. The van der Waals surface area contributed by atoms with Crippen molar-refractivity contribution in [1.29, 1.82) is 0 Å². The smallest absolute Gasteiger partial charge is 0.136 e. The summed E-state index contributed by atoms with van der Waals surface area (Å²) in [5, 5.41) is 8.71. The molecule has 1 aromatic heterocycles. The normalized spacial score (nSPS) is 22.6. The number of aromatic nitrogens is 3. The van der Waals surface area contributed by atoms with Crippen LogP contribution >= 0.6 is 0 Å². The average molecular weight is 191 g/mol. The van der Waals surface area contributed by atoms with E-state index in [1.807, 2.05) is 0 Å². The monoisotopic (exact) mass is 191 g/mol. The minimum Gasteiger partial charge on any atom is -0.315 e. The van der Waals surface area contributed by atoms with Crippen LogP contribution in [0.15, 0.2) is 0 Å². The highest BCUT2D eigenvalue weighted by molar-refractivity contribution is 5.05. The van der Waals surface area contributed by atoms with E-state index >= 15 is 0 Å². The number of rotatable bonds is 1. The summed E-state index contributed by atoms with van der Waals surface area (Å²) in [6.07, 6.45) is 9.17. The van der Waals surface area contributed by atoms with E-state index < -0.39 is 0 Å². The van der Waals surface area contributed by atoms with Gasteiger partial charge in [-0.25, -0.2) is 0 Å². The fourth-order valence-corrected chi connectivity index (χ4v) is 2.82. The summed E-state index contributed by atoms with van der Waals surface area (Å²) >= 11 is 0. The van der Waals surface area contributed by atoms with E-state index in [2.05, 4.69) is 14.8 Å². The van der Waals surface area contributed by atoms with Crippen molar-refractivity contribution in [3.63, 3.8) is 0 Å². The SMILES string of the molecule is C1CCn2c(nnc2C2CCCC2)C1. The number of hydrogen-bond donors (Lipinski definition) is 0. The lowest BCUT2D eigenvalue weighted by atomic mass is 10.1. The first kappa shape index (κ1) is 8.45. The summed E-state index contributed by atoms with van der Waals surface area (Å²) in [4.78, 5) is 0. The molecule has 0 amide bonds. The fraction of sp³-hybridized carbons (Fsp3) is 0.818. The zero-order valence-electron chi connectivity index (χ0n) is 8.58. The number of fused-ring (bicyclic) bond motifs is 1. The van der Waals surface area contributed by atoms with E-state index in [1.165, 1.54) is 50.2 Å². The molecular weight excluding hydrogens is 174 g/mol. The van der Waals surface area contributed by atoms with Gasteiger partial charge in [-0.1, -0.05) is 12.8 Å². The molecule has 0 atom stereocenters. The maximum Gasteiger partial charge on any atom is 0.136 e. The Labute approximate surface area is 84.5 Å². The van der Waals surface area contributed by atoms with Crippen LogP contribution in [0.5, 0.6) is 0 Å². The highest BCUT2D eigenvalue weighted by atomic mass is 15.3. The number of hydrogen-bond acceptors (Lipinski definition) is 2. The van der Waals surface area contributed by atoms with Gasteiger partial charge in [-0.15, -0.1) is 10.2 Å². The highest BCUT2D eigenvalue weighted by Crippen LogP contribution is 2.34. The summed E-state index contributed by atoms with van der Waals surface area (Å²) in [5.74, 6) is 3.24. The Bertz CT molecular complexity index is 323. The average Bonchev–Trinajstić information content (AvgIpc) is 2.85.